The van der Waals surface area contributed by atoms with Crippen LogP contribution >= 0.6 is 0 Å². The van der Waals surface area contributed by atoms with E-state index in [0.717, 1.165) is 25.0 Å². The van der Waals surface area contributed by atoms with Crippen LogP contribution in [0, 0.1) is 17.3 Å². The molecule has 1 N–H and O–H groups in total. The monoisotopic (exact) mass is 346 g/mol. The van der Waals surface area contributed by atoms with Gasteiger partial charge in [-0.2, -0.15) is 0 Å². The van der Waals surface area contributed by atoms with Crippen LogP contribution in [0.15, 0.2) is 30.3 Å². The maximum atomic E-state index is 4.31. The van der Waals surface area contributed by atoms with E-state index in [2.05, 4.69) is 41.0 Å². The fourth-order valence-corrected chi connectivity index (χ4v) is 3.33. The van der Waals surface area contributed by atoms with Crippen LogP contribution in [0.1, 0.15) is 32.3 Å². The van der Waals surface area contributed by atoms with Gasteiger partial charge in [0, 0.05) is 39.3 Å². The van der Waals surface area contributed by atoms with Crippen LogP contribution in [0.5, 0.6) is 0 Å². The Balaban J connectivity index is 0.000000173. The van der Waals surface area contributed by atoms with Crippen LogP contribution < -0.4 is 5.32 Å². The first-order valence-electron chi connectivity index (χ1n) is 7.29. The summed E-state index contributed by atoms with van der Waals surface area (Å²) in [4.78, 5) is 0. The number of benzene rings is 1. The molecule has 0 amide bonds. The molecule has 1 aliphatic heterocycles. The van der Waals surface area contributed by atoms with Crippen molar-refractivity contribution in [2.24, 2.45) is 17.3 Å². The van der Waals surface area contributed by atoms with E-state index in [1.807, 2.05) is 0 Å². The van der Waals surface area contributed by atoms with Crippen molar-refractivity contribution in [2.45, 2.75) is 39.3 Å². The fourth-order valence-electron chi connectivity index (χ4n) is 3.33. The van der Waals surface area contributed by atoms with Gasteiger partial charge >= 0.3 is 0 Å². The quantitative estimate of drug-likeness (QED) is 0.890. The van der Waals surface area contributed by atoms with Gasteiger partial charge in [0.2, 0.25) is 0 Å². The van der Waals surface area contributed by atoms with Crippen molar-refractivity contribution in [3.05, 3.63) is 41.2 Å². The molecular formula is C17H25N2Y-. The van der Waals surface area contributed by atoms with Crippen LogP contribution in [-0.2, 0) is 39.3 Å². The fraction of sp³-hybridized carbons (Fsp3) is 0.647. The molecule has 3 heteroatoms. The molecule has 2 unspecified atom stereocenters. The first-order chi connectivity index (χ1) is 8.88. The van der Waals surface area contributed by atoms with Crippen molar-refractivity contribution in [3.63, 3.8) is 0 Å². The molecule has 1 spiro atoms. The molecule has 20 heavy (non-hydrogen) atoms. The number of nitrogens with zero attached hydrogens (tertiary/aromatic N) is 1. The molecule has 0 bridgehead atoms. The molecule has 1 aromatic rings. The summed E-state index contributed by atoms with van der Waals surface area (Å²) in [5, 5.41) is 7.82. The summed E-state index contributed by atoms with van der Waals surface area (Å²) in [7, 11) is 0. The Hall–Kier alpha value is 0.244. The largest absolute Gasteiger partial charge is 0.661 e. The van der Waals surface area contributed by atoms with Crippen molar-refractivity contribution in [1.29, 1.82) is 0 Å². The maximum absolute atomic E-state index is 4.31. The van der Waals surface area contributed by atoms with Gasteiger partial charge in [-0.1, -0.05) is 44.2 Å². The smallest absolute Gasteiger partial charge is 0.0207 e. The summed E-state index contributed by atoms with van der Waals surface area (Å²) in [5.74, 6) is 2.59. The molecule has 5 rings (SSSR count). The molecule has 3 atom stereocenters. The molecule has 1 heterocycles. The van der Waals surface area contributed by atoms with Crippen molar-refractivity contribution >= 4 is 0 Å². The van der Waals surface area contributed by atoms with Crippen molar-refractivity contribution in [3.8, 4) is 0 Å². The Morgan fingerprint density at radius 1 is 1.15 bits per heavy atom. The van der Waals surface area contributed by atoms with Gasteiger partial charge in [-0.25, -0.2) is 0 Å². The SMILES string of the molecule is C.C1C2C3CC123.[Y].c1ccc(CN[C@H]2CC[N-]C2)cc1. The van der Waals surface area contributed by atoms with Gasteiger partial charge in [0.05, 0.1) is 0 Å². The zero-order valence-electron chi connectivity index (χ0n) is 11.4. The van der Waals surface area contributed by atoms with Gasteiger partial charge in [-0.3, -0.25) is 0 Å². The Morgan fingerprint density at radius 2 is 1.80 bits per heavy atom. The summed E-state index contributed by atoms with van der Waals surface area (Å²) in [5.41, 5.74) is 2.44. The van der Waals surface area contributed by atoms with Crippen LogP contribution in [-0.4, -0.2) is 19.1 Å². The van der Waals surface area contributed by atoms with E-state index in [-0.39, 0.29) is 40.1 Å². The summed E-state index contributed by atoms with van der Waals surface area (Å²) in [6.07, 6.45) is 4.45. The molecule has 4 fully saturated rings. The molecule has 0 aromatic heterocycles. The van der Waals surface area contributed by atoms with Gasteiger partial charge in [-0.15, -0.1) is 13.1 Å². The van der Waals surface area contributed by atoms with Crippen LogP contribution in [0.2, 0.25) is 0 Å². The average molecular weight is 346 g/mol. The second kappa shape index (κ2) is 6.56. The van der Waals surface area contributed by atoms with Gasteiger partial charge in [0.25, 0.3) is 0 Å². The summed E-state index contributed by atoms with van der Waals surface area (Å²) in [6.45, 7) is 3.00. The van der Waals surface area contributed by atoms with Crippen LogP contribution in [0.3, 0.4) is 0 Å². The standard InChI is InChI=1S/C11H15N2.C5H6.CH4.Y/c1-2-4-10(5-3-1)8-13-11-6-7-12-9-11;1-3-4-2-5(1,3)4;;/h1-5,11,13H,6-9H2;3-4H,1-2H2;1H4;/q-1;;;/t11-;;;/m0.../s1. The van der Waals surface area contributed by atoms with E-state index in [1.165, 1.54) is 23.8 Å². The molecular weight excluding hydrogens is 321 g/mol. The Labute approximate surface area is 148 Å². The zero-order chi connectivity index (χ0) is 12.0. The van der Waals surface area contributed by atoms with Crippen LogP contribution in [0.25, 0.3) is 5.32 Å². The minimum atomic E-state index is 0. The molecule has 3 saturated carbocycles. The summed E-state index contributed by atoms with van der Waals surface area (Å²) < 4.78 is 0. The zero-order valence-corrected chi connectivity index (χ0v) is 14.2. The van der Waals surface area contributed by atoms with E-state index >= 15 is 0 Å². The van der Waals surface area contributed by atoms with E-state index in [9.17, 15) is 0 Å². The Bertz CT molecular complexity index is 414. The number of rotatable bonds is 3. The van der Waals surface area contributed by atoms with Gasteiger partial charge < -0.3 is 10.6 Å². The number of nitrogens with one attached hydrogen (secondary N) is 1. The van der Waals surface area contributed by atoms with Crippen molar-refractivity contribution < 1.29 is 32.7 Å². The molecule has 1 saturated heterocycles. The number of fused-ring (bicyclic) bond motifs is 1. The van der Waals surface area contributed by atoms with E-state index in [0.29, 0.717) is 6.04 Å². The Morgan fingerprint density at radius 3 is 2.25 bits per heavy atom. The van der Waals surface area contributed by atoms with Crippen LogP contribution in [0.4, 0.5) is 0 Å². The summed E-state index contributed by atoms with van der Waals surface area (Å²) in [6, 6.07) is 11.1. The molecule has 3 aliphatic carbocycles. The molecule has 1 radical (unpaired) electrons. The van der Waals surface area contributed by atoms with Gasteiger partial charge in [0.15, 0.2) is 0 Å². The summed E-state index contributed by atoms with van der Waals surface area (Å²) >= 11 is 0. The predicted molar refractivity (Wildman–Crippen MR) is 80.2 cm³/mol. The van der Waals surface area contributed by atoms with E-state index in [4.69, 9.17) is 0 Å². The van der Waals surface area contributed by atoms with E-state index in [1.54, 1.807) is 12.8 Å². The maximum Gasteiger partial charge on any atom is 0.0207 e. The molecule has 107 valence electrons. The third-order valence-electron chi connectivity index (χ3n) is 5.16. The van der Waals surface area contributed by atoms with Crippen molar-refractivity contribution in [1.82, 2.24) is 5.32 Å². The number of hydrogen-bond acceptors (Lipinski definition) is 1. The van der Waals surface area contributed by atoms with Gasteiger partial charge in [-0.05, 0) is 41.7 Å². The molecule has 1 aromatic carbocycles. The minimum absolute atomic E-state index is 0. The normalized spacial score (nSPS) is 37.1. The minimum Gasteiger partial charge on any atom is -0.661 e. The topological polar surface area (TPSA) is 26.1 Å². The molecule has 2 nitrogen and oxygen atoms in total. The predicted octanol–water partition coefficient (Wildman–Crippen LogP) is 3.58. The Kier molecular flexibility index (Phi) is 5.45. The van der Waals surface area contributed by atoms with E-state index < -0.39 is 0 Å². The third-order valence-corrected chi connectivity index (χ3v) is 5.16. The average Bonchev–Trinajstić information content (AvgIpc) is 3.31. The first-order valence-corrected chi connectivity index (χ1v) is 7.29. The number of hydrogen-bond donors (Lipinski definition) is 1. The second-order valence-electron chi connectivity index (χ2n) is 6.34. The third kappa shape index (κ3) is 3.35. The second-order valence-corrected chi connectivity index (χ2v) is 6.34. The van der Waals surface area contributed by atoms with Crippen molar-refractivity contribution in [2.75, 3.05) is 13.1 Å². The first kappa shape index (κ1) is 16.6. The molecule has 4 aliphatic rings. The van der Waals surface area contributed by atoms with Gasteiger partial charge in [0.1, 0.15) is 0 Å².